The second-order valence-corrected chi connectivity index (χ2v) is 6.16. The van der Waals surface area contributed by atoms with E-state index in [4.69, 9.17) is 16.7 Å². The van der Waals surface area contributed by atoms with Crippen molar-refractivity contribution < 1.29 is 14.7 Å². The molecule has 0 atom stereocenters. The standard InChI is InChI=1S/C16H20ClNO3/c1-10-8-13(17)6-7-14(10)15(19)18-9-11-2-4-12(5-3-11)16(20)21/h6-8,11-12H,2-5,9H2,1H3,(H,18,19)(H,20,21). The molecule has 0 bridgehead atoms. The van der Waals surface area contributed by atoms with Gasteiger partial charge in [-0.3, -0.25) is 9.59 Å². The zero-order valence-corrected chi connectivity index (χ0v) is 12.8. The van der Waals surface area contributed by atoms with Crippen molar-refractivity contribution in [1.82, 2.24) is 5.32 Å². The minimum absolute atomic E-state index is 0.0930. The van der Waals surface area contributed by atoms with Gasteiger partial charge in [0, 0.05) is 17.1 Å². The van der Waals surface area contributed by atoms with Crippen molar-refractivity contribution in [1.29, 1.82) is 0 Å². The van der Waals surface area contributed by atoms with Crippen molar-refractivity contribution in [2.45, 2.75) is 32.6 Å². The molecule has 0 heterocycles. The van der Waals surface area contributed by atoms with Gasteiger partial charge in [0.1, 0.15) is 0 Å². The number of rotatable bonds is 4. The summed E-state index contributed by atoms with van der Waals surface area (Å²) in [6.45, 7) is 2.46. The largest absolute Gasteiger partial charge is 0.481 e. The molecule has 1 aromatic carbocycles. The van der Waals surface area contributed by atoms with Crippen molar-refractivity contribution in [3.63, 3.8) is 0 Å². The first-order chi connectivity index (χ1) is 9.97. The molecular weight excluding hydrogens is 290 g/mol. The Kier molecular flexibility index (Phi) is 5.23. The average molecular weight is 310 g/mol. The molecule has 0 unspecified atom stereocenters. The zero-order chi connectivity index (χ0) is 15.4. The summed E-state index contributed by atoms with van der Waals surface area (Å²) in [5.74, 6) is -0.633. The fraction of sp³-hybridized carbons (Fsp3) is 0.500. The van der Waals surface area contributed by atoms with Gasteiger partial charge in [-0.15, -0.1) is 0 Å². The molecule has 1 fully saturated rings. The lowest BCUT2D eigenvalue weighted by Gasteiger charge is -2.26. The molecule has 0 aliphatic heterocycles. The normalized spacial score (nSPS) is 21.8. The van der Waals surface area contributed by atoms with Gasteiger partial charge in [-0.05, 0) is 62.3 Å². The summed E-state index contributed by atoms with van der Waals surface area (Å²) >= 11 is 5.88. The third-order valence-corrected chi connectivity index (χ3v) is 4.42. The van der Waals surface area contributed by atoms with Gasteiger partial charge in [0.05, 0.1) is 5.92 Å². The van der Waals surface area contributed by atoms with Gasteiger partial charge in [-0.1, -0.05) is 11.6 Å². The molecule has 0 spiro atoms. The van der Waals surface area contributed by atoms with Gasteiger partial charge in [0.15, 0.2) is 0 Å². The van der Waals surface area contributed by atoms with Crippen LogP contribution in [0.4, 0.5) is 0 Å². The highest BCUT2D eigenvalue weighted by atomic mass is 35.5. The number of carboxylic acids is 1. The third kappa shape index (κ3) is 4.21. The smallest absolute Gasteiger partial charge is 0.306 e. The predicted octanol–water partition coefficient (Wildman–Crippen LogP) is 3.27. The van der Waals surface area contributed by atoms with Crippen LogP contribution >= 0.6 is 11.6 Å². The average Bonchev–Trinajstić information content (AvgIpc) is 2.45. The quantitative estimate of drug-likeness (QED) is 0.897. The Balaban J connectivity index is 1.83. The molecule has 1 aliphatic carbocycles. The second kappa shape index (κ2) is 6.94. The highest BCUT2D eigenvalue weighted by molar-refractivity contribution is 6.30. The second-order valence-electron chi connectivity index (χ2n) is 5.73. The van der Waals surface area contributed by atoms with Crippen LogP contribution in [0.25, 0.3) is 0 Å². The van der Waals surface area contributed by atoms with Gasteiger partial charge in [0.2, 0.25) is 0 Å². The van der Waals surface area contributed by atoms with Crippen molar-refractivity contribution >= 4 is 23.5 Å². The molecule has 114 valence electrons. The monoisotopic (exact) mass is 309 g/mol. The van der Waals surface area contributed by atoms with E-state index >= 15 is 0 Å². The van der Waals surface area contributed by atoms with Crippen LogP contribution in [0.1, 0.15) is 41.6 Å². The number of nitrogens with one attached hydrogen (secondary N) is 1. The summed E-state index contributed by atoms with van der Waals surface area (Å²) in [5, 5.41) is 12.5. The van der Waals surface area contributed by atoms with Gasteiger partial charge >= 0.3 is 5.97 Å². The Morgan fingerprint density at radius 2 is 1.95 bits per heavy atom. The van der Waals surface area contributed by atoms with E-state index in [0.29, 0.717) is 35.9 Å². The van der Waals surface area contributed by atoms with Crippen LogP contribution in [0.3, 0.4) is 0 Å². The van der Waals surface area contributed by atoms with Gasteiger partial charge in [0.25, 0.3) is 5.91 Å². The first-order valence-corrected chi connectivity index (χ1v) is 7.62. The Morgan fingerprint density at radius 1 is 1.29 bits per heavy atom. The van der Waals surface area contributed by atoms with E-state index in [2.05, 4.69) is 5.32 Å². The molecule has 5 heteroatoms. The van der Waals surface area contributed by atoms with Crippen molar-refractivity contribution in [3.8, 4) is 0 Å². The highest BCUT2D eigenvalue weighted by Gasteiger charge is 2.26. The Bertz CT molecular complexity index is 536. The topological polar surface area (TPSA) is 66.4 Å². The lowest BCUT2D eigenvalue weighted by atomic mass is 9.82. The molecule has 1 amide bonds. The van der Waals surface area contributed by atoms with Crippen molar-refractivity contribution in [2.24, 2.45) is 11.8 Å². The van der Waals surface area contributed by atoms with E-state index in [1.54, 1.807) is 18.2 Å². The molecule has 2 N–H and O–H groups in total. The van der Waals surface area contributed by atoms with E-state index in [9.17, 15) is 9.59 Å². The number of carbonyl (C=O) groups is 2. The third-order valence-electron chi connectivity index (χ3n) is 4.18. The summed E-state index contributed by atoms with van der Waals surface area (Å²) in [6, 6.07) is 5.21. The maximum absolute atomic E-state index is 12.1. The van der Waals surface area contributed by atoms with Crippen LogP contribution in [-0.4, -0.2) is 23.5 Å². The lowest BCUT2D eigenvalue weighted by Crippen LogP contribution is -2.32. The molecule has 2 rings (SSSR count). The van der Waals surface area contributed by atoms with E-state index in [1.165, 1.54) is 0 Å². The number of hydrogen-bond acceptors (Lipinski definition) is 2. The number of hydrogen-bond donors (Lipinski definition) is 2. The predicted molar refractivity (Wildman–Crippen MR) is 81.6 cm³/mol. The first-order valence-electron chi connectivity index (χ1n) is 7.24. The molecule has 1 saturated carbocycles. The molecule has 0 aromatic heterocycles. The van der Waals surface area contributed by atoms with Gasteiger partial charge in [-0.2, -0.15) is 0 Å². The number of aryl methyl sites for hydroxylation is 1. The summed E-state index contributed by atoms with van der Waals surface area (Å²) in [4.78, 5) is 23.0. The fourth-order valence-corrected chi connectivity index (χ4v) is 3.05. The van der Waals surface area contributed by atoms with Crippen LogP contribution < -0.4 is 5.32 Å². The molecule has 1 aromatic rings. The Morgan fingerprint density at radius 3 is 2.52 bits per heavy atom. The molecule has 0 radical (unpaired) electrons. The number of benzene rings is 1. The minimum atomic E-state index is -0.700. The van der Waals surface area contributed by atoms with Crippen LogP contribution in [0.15, 0.2) is 18.2 Å². The van der Waals surface area contributed by atoms with Gasteiger partial charge < -0.3 is 10.4 Å². The van der Waals surface area contributed by atoms with Crippen LogP contribution in [0, 0.1) is 18.8 Å². The summed E-state index contributed by atoms with van der Waals surface area (Å²) in [7, 11) is 0. The zero-order valence-electron chi connectivity index (χ0n) is 12.1. The van der Waals surface area contributed by atoms with Crippen molar-refractivity contribution in [2.75, 3.05) is 6.54 Å². The van der Waals surface area contributed by atoms with E-state index in [1.807, 2.05) is 6.92 Å². The molecule has 0 saturated heterocycles. The molecule has 21 heavy (non-hydrogen) atoms. The lowest BCUT2D eigenvalue weighted by molar-refractivity contribution is -0.143. The molecular formula is C16H20ClNO3. The molecule has 4 nitrogen and oxygen atoms in total. The minimum Gasteiger partial charge on any atom is -0.481 e. The van der Waals surface area contributed by atoms with Crippen LogP contribution in [0.5, 0.6) is 0 Å². The highest BCUT2D eigenvalue weighted by Crippen LogP contribution is 2.28. The van der Waals surface area contributed by atoms with Gasteiger partial charge in [-0.25, -0.2) is 0 Å². The van der Waals surface area contributed by atoms with E-state index in [-0.39, 0.29) is 11.8 Å². The van der Waals surface area contributed by atoms with Crippen molar-refractivity contribution in [3.05, 3.63) is 34.3 Å². The Labute approximate surface area is 129 Å². The summed E-state index contributed by atoms with van der Waals surface area (Å²) in [6.07, 6.45) is 3.12. The Hall–Kier alpha value is -1.55. The SMILES string of the molecule is Cc1cc(Cl)ccc1C(=O)NCC1CCC(C(=O)O)CC1. The number of carboxylic acid groups (broad SMARTS) is 1. The fourth-order valence-electron chi connectivity index (χ4n) is 2.83. The van der Waals surface area contributed by atoms with E-state index in [0.717, 1.165) is 18.4 Å². The number of aliphatic carboxylic acids is 1. The van der Waals surface area contributed by atoms with Crippen LogP contribution in [0.2, 0.25) is 5.02 Å². The summed E-state index contributed by atoms with van der Waals surface area (Å²) in [5.41, 5.74) is 1.49. The number of carbonyl (C=O) groups excluding carboxylic acids is 1. The molecule has 1 aliphatic rings. The van der Waals surface area contributed by atoms with E-state index < -0.39 is 5.97 Å². The summed E-state index contributed by atoms with van der Waals surface area (Å²) < 4.78 is 0. The number of halogens is 1. The number of amides is 1. The van der Waals surface area contributed by atoms with Crippen LogP contribution in [-0.2, 0) is 4.79 Å². The maximum Gasteiger partial charge on any atom is 0.306 e. The first kappa shape index (κ1) is 15.8. The maximum atomic E-state index is 12.1.